The van der Waals surface area contributed by atoms with Crippen LogP contribution in [-0.2, 0) is 11.2 Å². The standard InChI is InChI=1S/C22H25N3O/c26-22-20(19-6-2-3-7-21(19)24-22)16-23-18-10-8-17(9-11-18)12-15-25-13-4-1-5-14-25/h2-3,6-11,16,23H,1,4-5,12-15H2,(H,24,26). The van der Waals surface area contributed by atoms with Crippen molar-refractivity contribution in [3.8, 4) is 0 Å². The fourth-order valence-corrected chi connectivity index (χ4v) is 3.68. The number of piperidine rings is 1. The Hall–Kier alpha value is -2.59. The number of nitrogens with zero attached hydrogens (tertiary/aromatic N) is 1. The zero-order chi connectivity index (χ0) is 17.8. The Morgan fingerprint density at radius 2 is 1.77 bits per heavy atom. The highest BCUT2D eigenvalue weighted by atomic mass is 16.2. The van der Waals surface area contributed by atoms with Crippen LogP contribution in [0.4, 0.5) is 11.4 Å². The normalized spacial score (nSPS) is 18.6. The number of para-hydroxylation sites is 1. The van der Waals surface area contributed by atoms with Crippen LogP contribution < -0.4 is 10.6 Å². The van der Waals surface area contributed by atoms with Crippen molar-refractivity contribution in [2.75, 3.05) is 30.3 Å². The SMILES string of the molecule is O=C1Nc2ccccc2C1=CNc1ccc(CCN2CCCCC2)cc1. The van der Waals surface area contributed by atoms with Crippen LogP contribution in [-0.4, -0.2) is 30.4 Å². The molecule has 0 unspecified atom stereocenters. The number of nitrogens with one attached hydrogen (secondary N) is 2. The number of carbonyl (C=O) groups is 1. The van der Waals surface area contributed by atoms with Crippen molar-refractivity contribution in [3.63, 3.8) is 0 Å². The largest absolute Gasteiger partial charge is 0.361 e. The Kier molecular flexibility index (Phi) is 5.02. The Morgan fingerprint density at radius 3 is 2.58 bits per heavy atom. The molecule has 2 aromatic rings. The first-order valence-electron chi connectivity index (χ1n) is 9.48. The molecular formula is C22H25N3O. The van der Waals surface area contributed by atoms with Crippen molar-refractivity contribution in [2.24, 2.45) is 0 Å². The Morgan fingerprint density at radius 1 is 1.00 bits per heavy atom. The highest BCUT2D eigenvalue weighted by molar-refractivity contribution is 6.31. The molecular weight excluding hydrogens is 322 g/mol. The molecule has 4 nitrogen and oxygen atoms in total. The molecule has 0 bridgehead atoms. The van der Waals surface area contributed by atoms with E-state index in [4.69, 9.17) is 0 Å². The highest BCUT2D eigenvalue weighted by Gasteiger charge is 2.23. The topological polar surface area (TPSA) is 44.4 Å². The van der Waals surface area contributed by atoms with Crippen LogP contribution in [0, 0.1) is 0 Å². The molecule has 0 aliphatic carbocycles. The molecule has 0 aromatic heterocycles. The van der Waals surface area contributed by atoms with Gasteiger partial charge in [0.25, 0.3) is 5.91 Å². The van der Waals surface area contributed by atoms with E-state index in [-0.39, 0.29) is 5.91 Å². The van der Waals surface area contributed by atoms with Gasteiger partial charge in [-0.3, -0.25) is 4.79 Å². The van der Waals surface area contributed by atoms with Crippen molar-refractivity contribution in [3.05, 3.63) is 65.9 Å². The minimum Gasteiger partial charge on any atom is -0.361 e. The first-order valence-corrected chi connectivity index (χ1v) is 9.48. The predicted octanol–water partition coefficient (Wildman–Crippen LogP) is 4.12. The molecule has 4 heteroatoms. The molecule has 2 aliphatic heterocycles. The van der Waals surface area contributed by atoms with Gasteiger partial charge in [0.2, 0.25) is 0 Å². The van der Waals surface area contributed by atoms with Crippen LogP contribution >= 0.6 is 0 Å². The van der Waals surface area contributed by atoms with Gasteiger partial charge in [-0.25, -0.2) is 0 Å². The number of fused-ring (bicyclic) bond motifs is 1. The van der Waals surface area contributed by atoms with Gasteiger partial charge >= 0.3 is 0 Å². The minimum atomic E-state index is -0.0585. The molecule has 2 aromatic carbocycles. The summed E-state index contributed by atoms with van der Waals surface area (Å²) in [6.07, 6.45) is 6.96. The second-order valence-electron chi connectivity index (χ2n) is 7.05. The number of benzene rings is 2. The van der Waals surface area contributed by atoms with Crippen molar-refractivity contribution >= 4 is 22.9 Å². The third-order valence-electron chi connectivity index (χ3n) is 5.21. The van der Waals surface area contributed by atoms with Gasteiger partial charge in [0, 0.05) is 29.7 Å². The molecule has 1 fully saturated rings. The quantitative estimate of drug-likeness (QED) is 0.800. The second kappa shape index (κ2) is 7.75. The number of likely N-dealkylation sites (tertiary alicyclic amines) is 1. The van der Waals surface area contributed by atoms with Gasteiger partial charge in [-0.1, -0.05) is 36.8 Å². The van der Waals surface area contributed by atoms with E-state index in [9.17, 15) is 4.79 Å². The Bertz CT molecular complexity index is 804. The van der Waals surface area contributed by atoms with Crippen molar-refractivity contribution in [2.45, 2.75) is 25.7 Å². The van der Waals surface area contributed by atoms with Crippen LogP contribution in [0.15, 0.2) is 54.7 Å². The number of hydrogen-bond acceptors (Lipinski definition) is 3. The van der Waals surface area contributed by atoms with E-state index < -0.39 is 0 Å². The lowest BCUT2D eigenvalue weighted by atomic mass is 10.1. The van der Waals surface area contributed by atoms with E-state index in [1.807, 2.05) is 24.3 Å². The average Bonchev–Trinajstić information content (AvgIpc) is 3.01. The second-order valence-corrected chi connectivity index (χ2v) is 7.05. The lowest BCUT2D eigenvalue weighted by Crippen LogP contribution is -2.31. The molecule has 0 atom stereocenters. The van der Waals surface area contributed by atoms with Crippen LogP contribution in [0.5, 0.6) is 0 Å². The fraction of sp³-hybridized carbons (Fsp3) is 0.318. The van der Waals surface area contributed by atoms with E-state index in [0.29, 0.717) is 5.57 Å². The number of carbonyl (C=O) groups excluding carboxylic acids is 1. The maximum absolute atomic E-state index is 12.1. The predicted molar refractivity (Wildman–Crippen MR) is 107 cm³/mol. The van der Waals surface area contributed by atoms with E-state index in [1.165, 1.54) is 37.9 Å². The molecule has 1 saturated heterocycles. The number of hydrogen-bond donors (Lipinski definition) is 2. The molecule has 4 rings (SSSR count). The van der Waals surface area contributed by atoms with E-state index in [2.05, 4.69) is 39.8 Å². The minimum absolute atomic E-state index is 0.0585. The van der Waals surface area contributed by atoms with Gasteiger partial charge in [-0.05, 0) is 56.1 Å². The smallest absolute Gasteiger partial charge is 0.257 e. The summed E-state index contributed by atoms with van der Waals surface area (Å²) in [5, 5.41) is 6.15. The molecule has 2 aliphatic rings. The Labute approximate surface area is 154 Å². The molecule has 134 valence electrons. The van der Waals surface area contributed by atoms with Crippen molar-refractivity contribution in [1.29, 1.82) is 0 Å². The summed E-state index contributed by atoms with van der Waals surface area (Å²) in [4.78, 5) is 14.7. The summed E-state index contributed by atoms with van der Waals surface area (Å²) >= 11 is 0. The monoisotopic (exact) mass is 347 g/mol. The average molecular weight is 347 g/mol. The Balaban J connectivity index is 1.36. The van der Waals surface area contributed by atoms with E-state index >= 15 is 0 Å². The third kappa shape index (κ3) is 3.81. The van der Waals surface area contributed by atoms with Gasteiger partial charge in [-0.15, -0.1) is 0 Å². The van der Waals surface area contributed by atoms with Gasteiger partial charge in [0.1, 0.15) is 0 Å². The maximum atomic E-state index is 12.1. The highest BCUT2D eigenvalue weighted by Crippen LogP contribution is 2.31. The first kappa shape index (κ1) is 16.9. The zero-order valence-corrected chi connectivity index (χ0v) is 15.0. The first-order chi connectivity index (χ1) is 12.8. The fourth-order valence-electron chi connectivity index (χ4n) is 3.68. The van der Waals surface area contributed by atoms with Gasteiger partial charge < -0.3 is 15.5 Å². The lowest BCUT2D eigenvalue weighted by molar-refractivity contribution is -0.110. The maximum Gasteiger partial charge on any atom is 0.257 e. The zero-order valence-electron chi connectivity index (χ0n) is 15.0. The van der Waals surface area contributed by atoms with Gasteiger partial charge in [0.05, 0.1) is 5.57 Å². The van der Waals surface area contributed by atoms with Gasteiger partial charge in [-0.2, -0.15) is 0 Å². The van der Waals surface area contributed by atoms with E-state index in [0.717, 1.165) is 29.9 Å². The summed E-state index contributed by atoms with van der Waals surface area (Å²) in [7, 11) is 0. The van der Waals surface area contributed by atoms with Crippen LogP contribution in [0.3, 0.4) is 0 Å². The van der Waals surface area contributed by atoms with Gasteiger partial charge in [0.15, 0.2) is 0 Å². The molecule has 0 radical (unpaired) electrons. The molecule has 26 heavy (non-hydrogen) atoms. The summed E-state index contributed by atoms with van der Waals surface area (Å²) in [5.74, 6) is -0.0585. The van der Waals surface area contributed by atoms with Crippen LogP contribution in [0.25, 0.3) is 5.57 Å². The summed E-state index contributed by atoms with van der Waals surface area (Å²) in [6.45, 7) is 3.64. The molecule has 0 spiro atoms. The van der Waals surface area contributed by atoms with Crippen LogP contribution in [0.2, 0.25) is 0 Å². The molecule has 0 saturated carbocycles. The number of rotatable bonds is 5. The summed E-state index contributed by atoms with van der Waals surface area (Å²) in [6, 6.07) is 16.3. The van der Waals surface area contributed by atoms with Crippen LogP contribution in [0.1, 0.15) is 30.4 Å². The van der Waals surface area contributed by atoms with Crippen molar-refractivity contribution < 1.29 is 4.79 Å². The lowest BCUT2D eigenvalue weighted by Gasteiger charge is -2.26. The van der Waals surface area contributed by atoms with Crippen molar-refractivity contribution in [1.82, 2.24) is 4.90 Å². The molecule has 1 amide bonds. The summed E-state index contributed by atoms with van der Waals surface area (Å²) in [5.41, 5.74) is 4.85. The molecule has 2 N–H and O–H groups in total. The van der Waals surface area contributed by atoms with E-state index in [1.54, 1.807) is 6.20 Å². The third-order valence-corrected chi connectivity index (χ3v) is 5.21. The number of anilines is 2. The summed E-state index contributed by atoms with van der Waals surface area (Å²) < 4.78 is 0. The molecule has 2 heterocycles. The number of amides is 1.